The Labute approximate surface area is 165 Å². The highest BCUT2D eigenvalue weighted by Crippen LogP contribution is 2.31. The van der Waals surface area contributed by atoms with Crippen LogP contribution in [0.25, 0.3) is 0 Å². The smallest absolute Gasteiger partial charge is 0.235 e. The molecule has 3 rings (SSSR count). The molecule has 4 amide bonds. The Morgan fingerprint density at radius 2 is 1.15 bits per heavy atom. The second-order valence-electron chi connectivity index (χ2n) is 6.33. The van der Waals surface area contributed by atoms with Gasteiger partial charge in [0.25, 0.3) is 0 Å². The number of rotatable bonds is 4. The molecule has 0 aromatic heterocycles. The van der Waals surface area contributed by atoms with Crippen LogP contribution < -0.4 is 21.3 Å². The molecule has 2 fully saturated rings. The first-order chi connectivity index (χ1) is 12.8. The topological polar surface area (TPSA) is 137 Å². The van der Waals surface area contributed by atoms with Gasteiger partial charge in [0.05, 0.1) is 0 Å². The second kappa shape index (κ2) is 7.69. The zero-order valence-electron chi connectivity index (χ0n) is 13.9. The van der Waals surface area contributed by atoms with Gasteiger partial charge in [-0.1, -0.05) is 12.1 Å². The number of aromatic hydroxyl groups is 1. The van der Waals surface area contributed by atoms with E-state index < -0.39 is 52.4 Å². The number of phenolic OH excluding ortho intramolecular Hbond substituents is 1. The first-order valence-corrected chi connectivity index (χ1v) is 9.15. The van der Waals surface area contributed by atoms with Gasteiger partial charge in [-0.3, -0.25) is 19.2 Å². The quantitative estimate of drug-likeness (QED) is 0.245. The van der Waals surface area contributed by atoms with E-state index in [4.69, 9.17) is 0 Å². The van der Waals surface area contributed by atoms with Gasteiger partial charge in [-0.25, -0.2) is 0 Å². The number of nitrogens with one attached hydrogen (secondary N) is 4. The molecule has 2 heterocycles. The molecule has 2 aliphatic heterocycles. The number of phenols is 1. The molecule has 0 saturated carbocycles. The minimum absolute atomic E-state index is 0.0486. The maximum Gasteiger partial charge on any atom is 0.235 e. The summed E-state index contributed by atoms with van der Waals surface area (Å²) in [6.07, 6.45) is 0.0891. The molecule has 1 aromatic rings. The molecule has 2 aliphatic rings. The molecule has 2 saturated heterocycles. The molecule has 0 bridgehead atoms. The van der Waals surface area contributed by atoms with Gasteiger partial charge in [-0.15, -0.1) is 25.3 Å². The fraction of sp³-hybridized carbons (Fsp3) is 0.375. The highest BCUT2D eigenvalue weighted by atomic mass is 32.1. The van der Waals surface area contributed by atoms with Crippen molar-refractivity contribution in [1.29, 1.82) is 0 Å². The molecule has 9 nitrogen and oxygen atoms in total. The zero-order chi connectivity index (χ0) is 19.7. The van der Waals surface area contributed by atoms with Crippen molar-refractivity contribution in [1.82, 2.24) is 21.3 Å². The SMILES string of the molecule is O=C1NC(S)NC(=O)C1C(Cc1ccc(O)cc1)C1C(=O)NC(S)NC1=O. The van der Waals surface area contributed by atoms with E-state index in [0.717, 1.165) is 0 Å². The van der Waals surface area contributed by atoms with Gasteiger partial charge in [-0.05, 0) is 24.1 Å². The molecular weight excluding hydrogens is 392 g/mol. The molecule has 0 atom stereocenters. The van der Waals surface area contributed by atoms with Crippen LogP contribution in [0.3, 0.4) is 0 Å². The molecule has 11 heteroatoms. The van der Waals surface area contributed by atoms with Crippen molar-refractivity contribution in [2.45, 2.75) is 17.4 Å². The van der Waals surface area contributed by atoms with Crippen LogP contribution in [-0.2, 0) is 25.6 Å². The maximum absolute atomic E-state index is 12.5. The molecule has 5 N–H and O–H groups in total. The van der Waals surface area contributed by atoms with E-state index >= 15 is 0 Å². The Morgan fingerprint density at radius 1 is 0.778 bits per heavy atom. The first kappa shape index (κ1) is 19.4. The Balaban J connectivity index is 1.96. The summed E-state index contributed by atoms with van der Waals surface area (Å²) in [5.74, 6) is -5.89. The van der Waals surface area contributed by atoms with Crippen molar-refractivity contribution in [2.24, 2.45) is 17.8 Å². The molecule has 0 spiro atoms. The number of carbonyl (C=O) groups is 4. The van der Waals surface area contributed by atoms with Crippen molar-refractivity contribution in [3.63, 3.8) is 0 Å². The number of thiol groups is 2. The van der Waals surface area contributed by atoms with Crippen LogP contribution in [0.5, 0.6) is 5.75 Å². The van der Waals surface area contributed by atoms with Crippen LogP contribution >= 0.6 is 25.3 Å². The third-order valence-electron chi connectivity index (χ3n) is 4.51. The van der Waals surface area contributed by atoms with Crippen LogP contribution in [0.2, 0.25) is 0 Å². The summed E-state index contributed by atoms with van der Waals surface area (Å²) < 4.78 is 0. The third-order valence-corrected chi connectivity index (χ3v) is 5.03. The van der Waals surface area contributed by atoms with E-state index in [2.05, 4.69) is 46.5 Å². The summed E-state index contributed by atoms with van der Waals surface area (Å²) in [6.45, 7) is 0. The highest BCUT2D eigenvalue weighted by Gasteiger charge is 2.49. The summed E-state index contributed by atoms with van der Waals surface area (Å²) in [7, 11) is 0. The standard InChI is InChI=1S/C16H18N4O5S2/c21-7-3-1-6(2-4-7)5-8(9-11(22)17-15(26)18-12(9)23)10-13(24)19-16(27)20-14(10)25/h1-4,8-10,15-16,21,26-27H,5H2,(H,17,22)(H,18,23)(H,19,24)(H,20,25). The number of carbonyl (C=O) groups excluding carboxylic acids is 4. The van der Waals surface area contributed by atoms with E-state index in [1.54, 1.807) is 12.1 Å². The molecule has 1 aromatic carbocycles. The van der Waals surface area contributed by atoms with E-state index in [-0.39, 0.29) is 12.2 Å². The predicted molar refractivity (Wildman–Crippen MR) is 100 cm³/mol. The number of hydrogen-bond donors (Lipinski definition) is 7. The lowest BCUT2D eigenvalue weighted by Gasteiger charge is -2.37. The van der Waals surface area contributed by atoms with Gasteiger partial charge in [-0.2, -0.15) is 0 Å². The molecule has 27 heavy (non-hydrogen) atoms. The van der Waals surface area contributed by atoms with Gasteiger partial charge < -0.3 is 26.4 Å². The minimum atomic E-state index is -1.26. The fourth-order valence-corrected chi connectivity index (χ4v) is 3.83. The van der Waals surface area contributed by atoms with Gasteiger partial charge in [0, 0.05) is 5.92 Å². The lowest BCUT2D eigenvalue weighted by molar-refractivity contribution is -0.148. The summed E-state index contributed by atoms with van der Waals surface area (Å²) in [6, 6.07) is 6.09. The molecule has 144 valence electrons. The Bertz CT molecular complexity index is 710. The maximum atomic E-state index is 12.5. The van der Waals surface area contributed by atoms with Crippen molar-refractivity contribution in [3.05, 3.63) is 29.8 Å². The molecular formula is C16H18N4O5S2. The van der Waals surface area contributed by atoms with Crippen LogP contribution in [0, 0.1) is 17.8 Å². The second-order valence-corrected chi connectivity index (χ2v) is 7.36. The molecule has 0 aliphatic carbocycles. The lowest BCUT2D eigenvalue weighted by atomic mass is 9.74. The fourth-order valence-electron chi connectivity index (χ4n) is 3.32. The average molecular weight is 410 g/mol. The average Bonchev–Trinajstić information content (AvgIpc) is 2.54. The number of benzene rings is 1. The largest absolute Gasteiger partial charge is 0.508 e. The summed E-state index contributed by atoms with van der Waals surface area (Å²) in [5.41, 5.74) is -1.03. The molecule has 0 radical (unpaired) electrons. The number of amides is 4. The normalized spacial score (nSPS) is 29.3. The Kier molecular flexibility index (Phi) is 5.51. The van der Waals surface area contributed by atoms with E-state index in [1.165, 1.54) is 12.1 Å². The van der Waals surface area contributed by atoms with E-state index in [1.807, 2.05) is 0 Å². The minimum Gasteiger partial charge on any atom is -0.508 e. The lowest BCUT2D eigenvalue weighted by Crippen LogP contribution is -2.64. The van der Waals surface area contributed by atoms with Gasteiger partial charge in [0.15, 0.2) is 0 Å². The van der Waals surface area contributed by atoms with Crippen molar-refractivity contribution < 1.29 is 24.3 Å². The summed E-state index contributed by atoms with van der Waals surface area (Å²) in [4.78, 5) is 49.9. The van der Waals surface area contributed by atoms with E-state index in [0.29, 0.717) is 5.56 Å². The van der Waals surface area contributed by atoms with E-state index in [9.17, 15) is 24.3 Å². The zero-order valence-corrected chi connectivity index (χ0v) is 15.7. The van der Waals surface area contributed by atoms with Gasteiger partial charge in [0.1, 0.15) is 28.6 Å². The number of hydrogen-bond acceptors (Lipinski definition) is 7. The van der Waals surface area contributed by atoms with Crippen molar-refractivity contribution in [3.8, 4) is 5.75 Å². The van der Waals surface area contributed by atoms with Crippen LogP contribution in [0.1, 0.15) is 5.56 Å². The molecule has 0 unspecified atom stereocenters. The first-order valence-electron chi connectivity index (χ1n) is 8.12. The van der Waals surface area contributed by atoms with Crippen LogP contribution in [0.15, 0.2) is 24.3 Å². The van der Waals surface area contributed by atoms with Crippen molar-refractivity contribution >= 4 is 48.9 Å². The summed E-state index contributed by atoms with van der Waals surface area (Å²) in [5, 5.41) is 19.4. The van der Waals surface area contributed by atoms with Crippen LogP contribution in [0.4, 0.5) is 0 Å². The Morgan fingerprint density at radius 3 is 1.52 bits per heavy atom. The predicted octanol–water partition coefficient (Wildman–Crippen LogP) is -1.30. The monoisotopic (exact) mass is 410 g/mol. The van der Waals surface area contributed by atoms with Crippen molar-refractivity contribution in [2.75, 3.05) is 0 Å². The van der Waals surface area contributed by atoms with Crippen LogP contribution in [-0.4, -0.2) is 39.7 Å². The summed E-state index contributed by atoms with van der Waals surface area (Å²) >= 11 is 8.03. The van der Waals surface area contributed by atoms with Gasteiger partial charge >= 0.3 is 0 Å². The third kappa shape index (κ3) is 4.14. The van der Waals surface area contributed by atoms with Gasteiger partial charge in [0.2, 0.25) is 23.6 Å². The highest BCUT2D eigenvalue weighted by molar-refractivity contribution is 7.81. The Hall–Kier alpha value is -2.40.